The molecule has 1 rings (SSSR count). The molecule has 0 atom stereocenters. The molecule has 0 saturated carbocycles. The predicted molar refractivity (Wildman–Crippen MR) is 65.5 cm³/mol. The number of allylic oxidation sites excluding steroid dienone is 2. The fourth-order valence-electron chi connectivity index (χ4n) is 1.51. The second-order valence-corrected chi connectivity index (χ2v) is 3.71. The highest BCUT2D eigenvalue weighted by molar-refractivity contribution is 5.64. The van der Waals surface area contributed by atoms with Crippen molar-refractivity contribution in [1.29, 1.82) is 0 Å². The highest BCUT2D eigenvalue weighted by Gasteiger charge is 2.09. The Labute approximate surface area is 91.8 Å². The van der Waals surface area contributed by atoms with Crippen molar-refractivity contribution in [2.45, 2.75) is 33.6 Å². The van der Waals surface area contributed by atoms with E-state index in [-0.39, 0.29) is 0 Å². The summed E-state index contributed by atoms with van der Waals surface area (Å²) < 4.78 is 0. The minimum Gasteiger partial charge on any atom is -0.240 e. The van der Waals surface area contributed by atoms with Crippen LogP contribution >= 0.6 is 0 Å². The molecule has 0 spiro atoms. The van der Waals surface area contributed by atoms with Crippen LogP contribution in [0.15, 0.2) is 18.5 Å². The van der Waals surface area contributed by atoms with E-state index in [0.29, 0.717) is 5.92 Å². The summed E-state index contributed by atoms with van der Waals surface area (Å²) in [5.41, 5.74) is 3.23. The van der Waals surface area contributed by atoms with Gasteiger partial charge in [-0.25, -0.2) is 9.97 Å². The zero-order valence-corrected chi connectivity index (χ0v) is 9.86. The third-order valence-electron chi connectivity index (χ3n) is 2.15. The van der Waals surface area contributed by atoms with Crippen LogP contribution in [0.25, 0.3) is 12.2 Å². The van der Waals surface area contributed by atoms with Crippen molar-refractivity contribution in [1.82, 2.24) is 9.97 Å². The van der Waals surface area contributed by atoms with Crippen molar-refractivity contribution >= 4 is 12.2 Å². The summed E-state index contributed by atoms with van der Waals surface area (Å²) in [6.07, 6.45) is 9.75. The SMILES string of the molecule is C/C=C\c1ncnc(C(C)C)c1/C=C\C. The van der Waals surface area contributed by atoms with E-state index in [1.165, 1.54) is 0 Å². The van der Waals surface area contributed by atoms with Gasteiger partial charge >= 0.3 is 0 Å². The van der Waals surface area contributed by atoms with Crippen molar-refractivity contribution in [3.05, 3.63) is 35.4 Å². The first-order valence-electron chi connectivity index (χ1n) is 5.31. The molecule has 1 heterocycles. The first-order valence-corrected chi connectivity index (χ1v) is 5.31. The minimum atomic E-state index is 0.420. The first kappa shape index (κ1) is 11.6. The van der Waals surface area contributed by atoms with Crippen LogP contribution in [0.2, 0.25) is 0 Å². The summed E-state index contributed by atoms with van der Waals surface area (Å²) in [7, 11) is 0. The van der Waals surface area contributed by atoms with Crippen LogP contribution in [0.5, 0.6) is 0 Å². The van der Waals surface area contributed by atoms with E-state index >= 15 is 0 Å². The molecular weight excluding hydrogens is 184 g/mol. The summed E-state index contributed by atoms with van der Waals surface area (Å²) in [5.74, 6) is 0.420. The second-order valence-electron chi connectivity index (χ2n) is 3.71. The summed E-state index contributed by atoms with van der Waals surface area (Å²) in [6.45, 7) is 8.30. The Hall–Kier alpha value is -1.44. The predicted octanol–water partition coefficient (Wildman–Crippen LogP) is 3.67. The molecule has 0 amide bonds. The van der Waals surface area contributed by atoms with E-state index in [0.717, 1.165) is 17.0 Å². The molecule has 0 saturated heterocycles. The van der Waals surface area contributed by atoms with Crippen LogP contribution in [0.1, 0.15) is 50.6 Å². The van der Waals surface area contributed by atoms with E-state index in [2.05, 4.69) is 29.9 Å². The molecule has 0 aliphatic rings. The molecule has 0 aromatic carbocycles. The van der Waals surface area contributed by atoms with E-state index in [9.17, 15) is 0 Å². The third-order valence-corrected chi connectivity index (χ3v) is 2.15. The van der Waals surface area contributed by atoms with E-state index in [1.54, 1.807) is 6.33 Å². The summed E-state index contributed by atoms with van der Waals surface area (Å²) in [4.78, 5) is 8.62. The van der Waals surface area contributed by atoms with Gasteiger partial charge in [0.15, 0.2) is 0 Å². The first-order chi connectivity index (χ1) is 7.20. The van der Waals surface area contributed by atoms with E-state index < -0.39 is 0 Å². The van der Waals surface area contributed by atoms with Crippen molar-refractivity contribution in [3.8, 4) is 0 Å². The van der Waals surface area contributed by atoms with Gasteiger partial charge in [0, 0.05) is 5.56 Å². The lowest BCUT2D eigenvalue weighted by Gasteiger charge is -2.10. The largest absolute Gasteiger partial charge is 0.240 e. The number of rotatable bonds is 3. The van der Waals surface area contributed by atoms with Crippen LogP contribution in [0.4, 0.5) is 0 Å². The lowest BCUT2D eigenvalue weighted by molar-refractivity contribution is 0.809. The van der Waals surface area contributed by atoms with Crippen LogP contribution in [-0.2, 0) is 0 Å². The lowest BCUT2D eigenvalue weighted by Crippen LogP contribution is -2.00. The van der Waals surface area contributed by atoms with Gasteiger partial charge in [-0.1, -0.05) is 32.1 Å². The number of hydrogen-bond donors (Lipinski definition) is 0. The monoisotopic (exact) mass is 202 g/mol. The molecule has 0 bridgehead atoms. The zero-order valence-electron chi connectivity index (χ0n) is 9.86. The Morgan fingerprint density at radius 2 is 1.73 bits per heavy atom. The summed E-state index contributed by atoms with van der Waals surface area (Å²) in [6, 6.07) is 0. The molecule has 80 valence electrons. The topological polar surface area (TPSA) is 25.8 Å². The van der Waals surface area contributed by atoms with Crippen LogP contribution < -0.4 is 0 Å². The Bertz CT molecular complexity index is 376. The lowest BCUT2D eigenvalue weighted by atomic mass is 10.0. The van der Waals surface area contributed by atoms with Crippen LogP contribution in [0, 0.1) is 0 Å². The Morgan fingerprint density at radius 3 is 2.27 bits per heavy atom. The van der Waals surface area contributed by atoms with E-state index in [1.807, 2.05) is 32.1 Å². The maximum Gasteiger partial charge on any atom is 0.116 e. The molecule has 0 N–H and O–H groups in total. The molecule has 1 aromatic rings. The molecule has 0 aliphatic heterocycles. The summed E-state index contributed by atoms with van der Waals surface area (Å²) in [5, 5.41) is 0. The van der Waals surface area contributed by atoms with Gasteiger partial charge in [-0.2, -0.15) is 0 Å². The fraction of sp³-hybridized carbons (Fsp3) is 0.385. The fourth-order valence-corrected chi connectivity index (χ4v) is 1.51. The molecule has 0 unspecified atom stereocenters. The van der Waals surface area contributed by atoms with Crippen molar-refractivity contribution < 1.29 is 0 Å². The van der Waals surface area contributed by atoms with Crippen LogP contribution in [0.3, 0.4) is 0 Å². The van der Waals surface area contributed by atoms with Gasteiger partial charge in [-0.3, -0.25) is 0 Å². The standard InChI is InChI=1S/C13H18N2/c1-5-7-11-12(8-6-2)14-9-15-13(11)10(3)4/h5-10H,1-4H3/b7-5-,8-6-. The van der Waals surface area contributed by atoms with Crippen LogP contribution in [-0.4, -0.2) is 9.97 Å². The Morgan fingerprint density at radius 1 is 1.07 bits per heavy atom. The molecule has 2 heteroatoms. The van der Waals surface area contributed by atoms with Crippen molar-refractivity contribution in [2.75, 3.05) is 0 Å². The molecule has 15 heavy (non-hydrogen) atoms. The maximum atomic E-state index is 4.34. The van der Waals surface area contributed by atoms with Gasteiger partial charge in [0.1, 0.15) is 6.33 Å². The number of nitrogens with zero attached hydrogens (tertiary/aromatic N) is 2. The highest BCUT2D eigenvalue weighted by Crippen LogP contribution is 2.21. The zero-order chi connectivity index (χ0) is 11.3. The number of aromatic nitrogens is 2. The molecule has 1 aromatic heterocycles. The third kappa shape index (κ3) is 2.75. The Balaban J connectivity index is 3.34. The van der Waals surface area contributed by atoms with Gasteiger partial charge < -0.3 is 0 Å². The van der Waals surface area contributed by atoms with Crippen molar-refractivity contribution in [3.63, 3.8) is 0 Å². The Kier molecular flexibility index (Phi) is 4.22. The van der Waals surface area contributed by atoms with Gasteiger partial charge in [-0.15, -0.1) is 0 Å². The molecular formula is C13H18N2. The molecule has 0 radical (unpaired) electrons. The minimum absolute atomic E-state index is 0.420. The molecule has 0 fully saturated rings. The average Bonchev–Trinajstić information content (AvgIpc) is 2.21. The highest BCUT2D eigenvalue weighted by atomic mass is 14.8. The summed E-state index contributed by atoms with van der Waals surface area (Å²) >= 11 is 0. The van der Waals surface area contributed by atoms with Gasteiger partial charge in [0.2, 0.25) is 0 Å². The molecule has 2 nitrogen and oxygen atoms in total. The maximum absolute atomic E-state index is 4.34. The average molecular weight is 202 g/mol. The molecule has 0 aliphatic carbocycles. The smallest absolute Gasteiger partial charge is 0.116 e. The number of hydrogen-bond acceptors (Lipinski definition) is 2. The normalized spacial score (nSPS) is 12.1. The van der Waals surface area contributed by atoms with Crippen molar-refractivity contribution in [2.24, 2.45) is 0 Å². The van der Waals surface area contributed by atoms with E-state index in [4.69, 9.17) is 0 Å². The second kappa shape index (κ2) is 5.44. The van der Waals surface area contributed by atoms with Gasteiger partial charge in [-0.05, 0) is 25.8 Å². The quantitative estimate of drug-likeness (QED) is 0.747. The van der Waals surface area contributed by atoms with Gasteiger partial charge in [0.25, 0.3) is 0 Å². The van der Waals surface area contributed by atoms with Gasteiger partial charge in [0.05, 0.1) is 11.4 Å².